The SMILES string of the molecule is CCCNc1cccnc1S(=O)(=O)N(C)Cc1cn[nH]c1. The summed E-state index contributed by atoms with van der Waals surface area (Å²) in [6.45, 7) is 2.95. The summed E-state index contributed by atoms with van der Waals surface area (Å²) in [6, 6.07) is 3.44. The second-order valence-electron chi connectivity index (χ2n) is 4.65. The molecule has 0 spiro atoms. The molecule has 0 aliphatic rings. The largest absolute Gasteiger partial charge is 0.383 e. The standard InChI is InChI=1S/C13H19N5O2S/c1-3-6-14-12-5-4-7-15-13(12)21(19,20)18(2)10-11-8-16-17-9-11/h4-5,7-9,14H,3,6,10H2,1-2H3,(H,16,17). The molecule has 2 aromatic rings. The smallest absolute Gasteiger partial charge is 0.262 e. The fourth-order valence-corrected chi connectivity index (χ4v) is 3.07. The first-order valence-corrected chi connectivity index (χ1v) is 8.12. The van der Waals surface area contributed by atoms with E-state index in [2.05, 4.69) is 20.5 Å². The molecule has 0 aliphatic carbocycles. The monoisotopic (exact) mass is 309 g/mol. The number of hydrogen-bond donors (Lipinski definition) is 2. The predicted molar refractivity (Wildman–Crippen MR) is 80.3 cm³/mol. The molecule has 8 heteroatoms. The van der Waals surface area contributed by atoms with Gasteiger partial charge in [-0.15, -0.1) is 0 Å². The predicted octanol–water partition coefficient (Wildman–Crippen LogP) is 1.45. The van der Waals surface area contributed by atoms with Gasteiger partial charge in [-0.25, -0.2) is 13.4 Å². The zero-order valence-corrected chi connectivity index (χ0v) is 12.9. The lowest BCUT2D eigenvalue weighted by atomic mass is 10.4. The van der Waals surface area contributed by atoms with Crippen molar-refractivity contribution >= 4 is 15.7 Å². The summed E-state index contributed by atoms with van der Waals surface area (Å²) < 4.78 is 26.5. The maximum atomic E-state index is 12.6. The van der Waals surface area contributed by atoms with Crippen molar-refractivity contribution in [3.63, 3.8) is 0 Å². The molecular formula is C13H19N5O2S. The van der Waals surface area contributed by atoms with E-state index in [1.807, 2.05) is 6.92 Å². The highest BCUT2D eigenvalue weighted by molar-refractivity contribution is 7.89. The van der Waals surface area contributed by atoms with Crippen molar-refractivity contribution < 1.29 is 8.42 Å². The maximum Gasteiger partial charge on any atom is 0.262 e. The molecule has 2 rings (SSSR count). The first-order valence-electron chi connectivity index (χ1n) is 6.68. The normalized spacial score (nSPS) is 11.8. The van der Waals surface area contributed by atoms with E-state index in [-0.39, 0.29) is 11.6 Å². The van der Waals surface area contributed by atoms with Crippen LogP contribution in [0, 0.1) is 0 Å². The highest BCUT2D eigenvalue weighted by Crippen LogP contribution is 2.22. The van der Waals surface area contributed by atoms with Gasteiger partial charge in [-0.3, -0.25) is 5.10 Å². The zero-order valence-electron chi connectivity index (χ0n) is 12.1. The lowest BCUT2D eigenvalue weighted by Gasteiger charge is -2.18. The first kappa shape index (κ1) is 15.5. The first-order chi connectivity index (χ1) is 10.1. The minimum absolute atomic E-state index is 0.0458. The lowest BCUT2D eigenvalue weighted by molar-refractivity contribution is 0.464. The Morgan fingerprint density at radius 1 is 1.43 bits per heavy atom. The van der Waals surface area contributed by atoms with E-state index < -0.39 is 10.0 Å². The molecule has 0 unspecified atom stereocenters. The third-order valence-corrected chi connectivity index (χ3v) is 4.72. The van der Waals surface area contributed by atoms with Crippen molar-refractivity contribution in [2.24, 2.45) is 0 Å². The Morgan fingerprint density at radius 2 is 2.24 bits per heavy atom. The van der Waals surface area contributed by atoms with Crippen molar-refractivity contribution in [1.29, 1.82) is 0 Å². The van der Waals surface area contributed by atoms with E-state index in [9.17, 15) is 8.42 Å². The quantitative estimate of drug-likeness (QED) is 0.807. The van der Waals surface area contributed by atoms with E-state index >= 15 is 0 Å². The van der Waals surface area contributed by atoms with Gasteiger partial charge in [0.25, 0.3) is 10.0 Å². The summed E-state index contributed by atoms with van der Waals surface area (Å²) in [5, 5.41) is 9.62. The van der Waals surface area contributed by atoms with Crippen molar-refractivity contribution in [2.75, 3.05) is 18.9 Å². The fourth-order valence-electron chi connectivity index (χ4n) is 1.84. The van der Waals surface area contributed by atoms with Crippen molar-refractivity contribution in [2.45, 2.75) is 24.9 Å². The number of rotatable bonds is 7. The lowest BCUT2D eigenvalue weighted by Crippen LogP contribution is -2.28. The maximum absolute atomic E-state index is 12.6. The Bertz CT molecular complexity index is 670. The van der Waals surface area contributed by atoms with Crippen molar-refractivity contribution in [3.05, 3.63) is 36.3 Å². The van der Waals surface area contributed by atoms with Crippen LogP contribution in [0.5, 0.6) is 0 Å². The second kappa shape index (κ2) is 6.68. The van der Waals surface area contributed by atoms with Crippen LogP contribution in [-0.2, 0) is 16.6 Å². The summed E-state index contributed by atoms with van der Waals surface area (Å²) in [5.74, 6) is 0. The number of hydrogen-bond acceptors (Lipinski definition) is 5. The number of aromatic nitrogens is 3. The summed E-state index contributed by atoms with van der Waals surface area (Å²) >= 11 is 0. The molecule has 0 atom stereocenters. The second-order valence-corrected chi connectivity index (χ2v) is 6.61. The number of pyridine rings is 1. The Hall–Kier alpha value is -1.93. The van der Waals surface area contributed by atoms with Gasteiger partial charge < -0.3 is 5.32 Å². The Labute approximate surface area is 124 Å². The van der Waals surface area contributed by atoms with Gasteiger partial charge >= 0.3 is 0 Å². The number of aromatic amines is 1. The van der Waals surface area contributed by atoms with Crippen LogP contribution >= 0.6 is 0 Å². The number of sulfonamides is 1. The average Bonchev–Trinajstić information content (AvgIpc) is 2.98. The fraction of sp³-hybridized carbons (Fsp3) is 0.385. The molecule has 21 heavy (non-hydrogen) atoms. The minimum atomic E-state index is -3.66. The molecule has 0 radical (unpaired) electrons. The molecule has 0 saturated carbocycles. The van der Waals surface area contributed by atoms with Gasteiger partial charge in [0.1, 0.15) is 0 Å². The molecule has 2 aromatic heterocycles. The number of anilines is 1. The van der Waals surface area contributed by atoms with E-state index in [0.717, 1.165) is 12.0 Å². The molecule has 2 N–H and O–H groups in total. The highest BCUT2D eigenvalue weighted by atomic mass is 32.2. The van der Waals surface area contributed by atoms with Crippen molar-refractivity contribution in [3.8, 4) is 0 Å². The zero-order chi connectivity index (χ0) is 15.3. The molecular weight excluding hydrogens is 290 g/mol. The van der Waals surface area contributed by atoms with E-state index in [0.29, 0.717) is 12.2 Å². The summed E-state index contributed by atoms with van der Waals surface area (Å²) in [6.07, 6.45) is 5.65. The summed E-state index contributed by atoms with van der Waals surface area (Å²) in [5.41, 5.74) is 1.32. The van der Waals surface area contributed by atoms with Crippen LogP contribution in [0.1, 0.15) is 18.9 Å². The van der Waals surface area contributed by atoms with Gasteiger partial charge in [-0.2, -0.15) is 9.40 Å². The van der Waals surface area contributed by atoms with Crippen LogP contribution in [0.4, 0.5) is 5.69 Å². The van der Waals surface area contributed by atoms with E-state index in [1.165, 1.54) is 17.5 Å². The van der Waals surface area contributed by atoms with E-state index in [4.69, 9.17) is 0 Å². The molecule has 7 nitrogen and oxygen atoms in total. The topological polar surface area (TPSA) is 91.0 Å². The minimum Gasteiger partial charge on any atom is -0.383 e. The van der Waals surface area contributed by atoms with Gasteiger partial charge in [-0.05, 0) is 18.6 Å². The molecule has 0 amide bonds. The molecule has 114 valence electrons. The average molecular weight is 309 g/mol. The van der Waals surface area contributed by atoms with Crippen LogP contribution in [-0.4, -0.2) is 41.5 Å². The van der Waals surface area contributed by atoms with Crippen LogP contribution in [0.2, 0.25) is 0 Å². The van der Waals surface area contributed by atoms with Gasteiger partial charge in [0, 0.05) is 38.1 Å². The van der Waals surface area contributed by atoms with Crippen LogP contribution < -0.4 is 5.32 Å². The molecule has 0 aliphatic heterocycles. The van der Waals surface area contributed by atoms with Crippen LogP contribution in [0.3, 0.4) is 0 Å². The molecule has 0 aromatic carbocycles. The Kier molecular flexibility index (Phi) is 4.92. The molecule has 0 fully saturated rings. The van der Waals surface area contributed by atoms with Gasteiger partial charge in [-0.1, -0.05) is 6.92 Å². The highest BCUT2D eigenvalue weighted by Gasteiger charge is 2.25. The molecule has 0 bridgehead atoms. The van der Waals surface area contributed by atoms with Gasteiger partial charge in [0.2, 0.25) is 0 Å². The molecule has 2 heterocycles. The van der Waals surface area contributed by atoms with Crippen LogP contribution in [0.25, 0.3) is 0 Å². The van der Waals surface area contributed by atoms with Crippen molar-refractivity contribution in [1.82, 2.24) is 19.5 Å². The van der Waals surface area contributed by atoms with E-state index in [1.54, 1.807) is 24.5 Å². The Balaban J connectivity index is 2.26. The Morgan fingerprint density at radius 3 is 2.90 bits per heavy atom. The molecule has 0 saturated heterocycles. The van der Waals surface area contributed by atoms with Gasteiger partial charge in [0.15, 0.2) is 5.03 Å². The summed E-state index contributed by atoms with van der Waals surface area (Å²) in [7, 11) is -2.13. The third-order valence-electron chi connectivity index (χ3n) is 2.95. The summed E-state index contributed by atoms with van der Waals surface area (Å²) in [4.78, 5) is 4.04. The number of nitrogens with one attached hydrogen (secondary N) is 2. The van der Waals surface area contributed by atoms with Crippen LogP contribution in [0.15, 0.2) is 35.7 Å². The number of H-pyrrole nitrogens is 1. The number of nitrogens with zero attached hydrogens (tertiary/aromatic N) is 3. The third kappa shape index (κ3) is 3.59. The van der Waals surface area contributed by atoms with Gasteiger partial charge in [0.05, 0.1) is 11.9 Å².